The Labute approximate surface area is 156 Å². The van der Waals surface area contributed by atoms with Gasteiger partial charge < -0.3 is 9.47 Å². The Balaban J connectivity index is 2.95. The van der Waals surface area contributed by atoms with Gasteiger partial charge >= 0.3 is 5.97 Å². The Hall–Kier alpha value is -2.55. The van der Waals surface area contributed by atoms with Crippen LogP contribution in [0.4, 0.5) is 0 Å². The van der Waals surface area contributed by atoms with Gasteiger partial charge in [-0.1, -0.05) is 35.4 Å². The van der Waals surface area contributed by atoms with Crippen molar-refractivity contribution in [2.24, 2.45) is 0 Å². The smallest absolute Gasteiger partial charge is 0.342 e. The molecule has 2 rings (SSSR count). The second-order valence-corrected chi connectivity index (χ2v) is 6.95. The van der Waals surface area contributed by atoms with Crippen LogP contribution in [0.5, 0.6) is 0 Å². The van der Waals surface area contributed by atoms with E-state index < -0.39 is 5.97 Å². The maximum Gasteiger partial charge on any atom is 0.342 e. The van der Waals surface area contributed by atoms with Crippen LogP contribution in [0.3, 0.4) is 0 Å². The minimum Gasteiger partial charge on any atom is -0.495 e. The molecule has 0 bridgehead atoms. The first-order valence-corrected chi connectivity index (χ1v) is 8.74. The fourth-order valence-electron chi connectivity index (χ4n) is 3.85. The van der Waals surface area contributed by atoms with Gasteiger partial charge in [0.25, 0.3) is 0 Å². The number of hydrogen-bond acceptors (Lipinski definition) is 3. The first kappa shape index (κ1) is 19.8. The zero-order valence-corrected chi connectivity index (χ0v) is 17.0. The summed E-state index contributed by atoms with van der Waals surface area (Å²) in [7, 11) is 3.01. The van der Waals surface area contributed by atoms with Gasteiger partial charge in [0.1, 0.15) is 11.3 Å². The quantitative estimate of drug-likeness (QED) is 0.327. The summed E-state index contributed by atoms with van der Waals surface area (Å²) in [5.41, 5.74) is 8.83. The zero-order chi connectivity index (χ0) is 19.6. The summed E-state index contributed by atoms with van der Waals surface area (Å²) in [5, 5.41) is 0. The fraction of sp³-hybridized carbons (Fsp3) is 0.348. The van der Waals surface area contributed by atoms with Crippen LogP contribution >= 0.6 is 0 Å². The lowest BCUT2D eigenvalue weighted by molar-refractivity contribution is -0.133. The van der Waals surface area contributed by atoms with Crippen molar-refractivity contribution in [1.82, 2.24) is 0 Å². The second-order valence-electron chi connectivity index (χ2n) is 6.95. The van der Waals surface area contributed by atoms with Gasteiger partial charge in [0.05, 0.1) is 14.2 Å². The average molecular weight is 352 g/mol. The summed E-state index contributed by atoms with van der Waals surface area (Å²) in [6, 6.07) is 8.36. The topological polar surface area (TPSA) is 35.5 Å². The lowest BCUT2D eigenvalue weighted by Gasteiger charge is -2.20. The second kappa shape index (κ2) is 7.77. The van der Waals surface area contributed by atoms with Gasteiger partial charge in [-0.15, -0.1) is 0 Å². The summed E-state index contributed by atoms with van der Waals surface area (Å²) in [4.78, 5) is 12.8. The van der Waals surface area contributed by atoms with E-state index in [-0.39, 0.29) is 0 Å². The Morgan fingerprint density at radius 1 is 0.654 bits per heavy atom. The van der Waals surface area contributed by atoms with E-state index in [4.69, 9.17) is 9.47 Å². The highest BCUT2D eigenvalue weighted by Crippen LogP contribution is 2.35. The normalized spacial score (nSPS) is 11.8. The highest BCUT2D eigenvalue weighted by molar-refractivity contribution is 6.24. The van der Waals surface area contributed by atoms with Crippen molar-refractivity contribution in [1.29, 1.82) is 0 Å². The van der Waals surface area contributed by atoms with E-state index in [0.717, 1.165) is 38.9 Å². The molecule has 0 N–H and O–H groups in total. The Morgan fingerprint density at radius 2 is 1.04 bits per heavy atom. The minimum atomic E-state index is -0.392. The molecule has 0 fully saturated rings. The first-order valence-electron chi connectivity index (χ1n) is 8.74. The molecule has 26 heavy (non-hydrogen) atoms. The van der Waals surface area contributed by atoms with E-state index in [9.17, 15) is 4.79 Å². The summed E-state index contributed by atoms with van der Waals surface area (Å²) < 4.78 is 10.9. The number of carbonyl (C=O) groups is 1. The molecular formula is C23H28O3. The number of methoxy groups -OCH3 is 2. The maximum atomic E-state index is 12.8. The summed E-state index contributed by atoms with van der Waals surface area (Å²) >= 11 is 0. The molecule has 0 aliphatic rings. The number of rotatable bonds is 4. The lowest BCUT2D eigenvalue weighted by Crippen LogP contribution is -2.12. The molecule has 0 spiro atoms. The van der Waals surface area contributed by atoms with Gasteiger partial charge in [0, 0.05) is 5.56 Å². The average Bonchev–Trinajstić information content (AvgIpc) is 2.53. The van der Waals surface area contributed by atoms with E-state index in [1.807, 2.05) is 27.7 Å². The van der Waals surface area contributed by atoms with E-state index in [2.05, 4.69) is 38.1 Å². The van der Waals surface area contributed by atoms with Crippen molar-refractivity contribution in [3.05, 3.63) is 68.8 Å². The van der Waals surface area contributed by atoms with E-state index in [1.54, 1.807) is 7.11 Å². The zero-order valence-electron chi connectivity index (χ0n) is 17.0. The van der Waals surface area contributed by atoms with Crippen LogP contribution in [-0.2, 0) is 14.3 Å². The predicted octanol–water partition coefficient (Wildman–Crippen LogP) is 5.22. The molecule has 0 amide bonds. The molecule has 138 valence electrons. The third kappa shape index (κ3) is 3.67. The fourth-order valence-corrected chi connectivity index (χ4v) is 3.85. The van der Waals surface area contributed by atoms with Crippen LogP contribution in [0.2, 0.25) is 0 Å². The SMILES string of the molecule is COC(=O)/C(=C(/OC)c1c(C)cc(C)cc1C)c1c(C)cc(C)cc1C. The summed E-state index contributed by atoms with van der Waals surface area (Å²) in [6.45, 7) is 12.2. The van der Waals surface area contributed by atoms with Crippen LogP contribution in [0.25, 0.3) is 11.3 Å². The molecule has 0 radical (unpaired) electrons. The van der Waals surface area contributed by atoms with Crippen molar-refractivity contribution < 1.29 is 14.3 Å². The minimum absolute atomic E-state index is 0.392. The van der Waals surface area contributed by atoms with Crippen molar-refractivity contribution in [3.8, 4) is 0 Å². The van der Waals surface area contributed by atoms with Gasteiger partial charge in [-0.05, 0) is 69.4 Å². The van der Waals surface area contributed by atoms with Crippen molar-refractivity contribution in [2.75, 3.05) is 14.2 Å². The molecule has 2 aromatic carbocycles. The Morgan fingerprint density at radius 3 is 1.38 bits per heavy atom. The van der Waals surface area contributed by atoms with Gasteiger partial charge in [-0.2, -0.15) is 0 Å². The first-order chi connectivity index (χ1) is 12.2. The highest BCUT2D eigenvalue weighted by atomic mass is 16.5. The van der Waals surface area contributed by atoms with Crippen LogP contribution < -0.4 is 0 Å². The third-order valence-electron chi connectivity index (χ3n) is 4.65. The van der Waals surface area contributed by atoms with Crippen molar-refractivity contribution >= 4 is 17.3 Å². The monoisotopic (exact) mass is 352 g/mol. The summed E-state index contributed by atoms with van der Waals surface area (Å²) in [6.07, 6.45) is 0. The van der Waals surface area contributed by atoms with Crippen molar-refractivity contribution in [3.63, 3.8) is 0 Å². The molecule has 0 aliphatic carbocycles. The summed E-state index contributed by atoms with van der Waals surface area (Å²) in [5.74, 6) is 0.165. The molecule has 0 saturated heterocycles. The number of carbonyl (C=O) groups excluding carboxylic acids is 1. The Kier molecular flexibility index (Phi) is 5.91. The van der Waals surface area contributed by atoms with Crippen molar-refractivity contribution in [2.45, 2.75) is 41.5 Å². The lowest BCUT2D eigenvalue weighted by atomic mass is 9.89. The Bertz CT molecular complexity index is 842. The molecule has 0 heterocycles. The molecule has 3 heteroatoms. The standard InChI is InChI=1S/C23H28O3/c1-13-9-15(3)19(16(4)10-13)21(23(24)26-8)22(25-7)20-17(5)11-14(2)12-18(20)6/h9-12H,1-8H3/b22-21+. The van der Waals surface area contributed by atoms with Gasteiger partial charge in [0.2, 0.25) is 0 Å². The van der Waals surface area contributed by atoms with Crippen LogP contribution in [0, 0.1) is 41.5 Å². The number of benzene rings is 2. The van der Waals surface area contributed by atoms with E-state index >= 15 is 0 Å². The number of hydrogen-bond donors (Lipinski definition) is 0. The highest BCUT2D eigenvalue weighted by Gasteiger charge is 2.26. The molecule has 0 atom stereocenters. The third-order valence-corrected chi connectivity index (χ3v) is 4.65. The van der Waals surface area contributed by atoms with Gasteiger partial charge in [-0.3, -0.25) is 0 Å². The van der Waals surface area contributed by atoms with Crippen LogP contribution in [0.1, 0.15) is 44.5 Å². The molecule has 3 nitrogen and oxygen atoms in total. The molecule has 0 saturated carbocycles. The predicted molar refractivity (Wildman–Crippen MR) is 107 cm³/mol. The number of ether oxygens (including phenoxy) is 2. The van der Waals surface area contributed by atoms with E-state index in [0.29, 0.717) is 11.3 Å². The van der Waals surface area contributed by atoms with E-state index in [1.165, 1.54) is 12.7 Å². The number of aryl methyl sites for hydroxylation is 6. The maximum absolute atomic E-state index is 12.8. The molecule has 2 aromatic rings. The number of esters is 1. The molecule has 0 aliphatic heterocycles. The molecule has 0 unspecified atom stereocenters. The van der Waals surface area contributed by atoms with Gasteiger partial charge in [-0.25, -0.2) is 4.79 Å². The van der Waals surface area contributed by atoms with Gasteiger partial charge in [0.15, 0.2) is 0 Å². The molecule has 0 aromatic heterocycles. The molecular weight excluding hydrogens is 324 g/mol. The van der Waals surface area contributed by atoms with Crippen LogP contribution in [0.15, 0.2) is 24.3 Å². The van der Waals surface area contributed by atoms with Crippen LogP contribution in [-0.4, -0.2) is 20.2 Å². The largest absolute Gasteiger partial charge is 0.495 e.